The molecule has 0 spiro atoms. The van der Waals surface area contributed by atoms with Crippen molar-refractivity contribution >= 4 is 35.0 Å². The molecule has 0 aliphatic carbocycles. The standard InChI is InChI=1S/C23H21N3O6/c1-30-19-11-4-3-10-18(19)26-21-17(9-6-12-24-21)23(29)32-14-20(27)25-16-8-5-7-15(13-16)22(28)31-2/h3-13H,14H2,1-2H3,(H,24,26)(H,25,27). The Balaban J connectivity index is 1.64. The lowest BCUT2D eigenvalue weighted by Crippen LogP contribution is -2.21. The molecule has 1 heterocycles. The third-order valence-electron chi connectivity index (χ3n) is 4.29. The predicted molar refractivity (Wildman–Crippen MR) is 117 cm³/mol. The molecule has 0 radical (unpaired) electrons. The Morgan fingerprint density at radius 3 is 2.53 bits per heavy atom. The van der Waals surface area contributed by atoms with Crippen LogP contribution in [0.4, 0.5) is 17.2 Å². The van der Waals surface area contributed by atoms with E-state index in [0.29, 0.717) is 17.1 Å². The largest absolute Gasteiger partial charge is 0.495 e. The number of hydrogen-bond donors (Lipinski definition) is 2. The van der Waals surface area contributed by atoms with E-state index < -0.39 is 24.5 Å². The Kier molecular flexibility index (Phi) is 7.37. The fraction of sp³-hybridized carbons (Fsp3) is 0.130. The summed E-state index contributed by atoms with van der Waals surface area (Å²) in [5.41, 5.74) is 1.42. The molecule has 0 aliphatic heterocycles. The molecule has 0 aliphatic rings. The van der Waals surface area contributed by atoms with E-state index >= 15 is 0 Å². The van der Waals surface area contributed by atoms with Gasteiger partial charge in [-0.1, -0.05) is 18.2 Å². The van der Waals surface area contributed by atoms with Crippen molar-refractivity contribution in [3.05, 3.63) is 78.0 Å². The van der Waals surface area contributed by atoms with E-state index in [1.54, 1.807) is 36.4 Å². The van der Waals surface area contributed by atoms with Crippen molar-refractivity contribution < 1.29 is 28.6 Å². The first-order valence-electron chi connectivity index (χ1n) is 9.52. The lowest BCUT2D eigenvalue weighted by Gasteiger charge is -2.13. The normalized spacial score (nSPS) is 10.1. The molecule has 0 fully saturated rings. The monoisotopic (exact) mass is 435 g/mol. The van der Waals surface area contributed by atoms with Gasteiger partial charge in [0.25, 0.3) is 5.91 Å². The minimum atomic E-state index is -0.728. The molecule has 0 saturated carbocycles. The second-order valence-electron chi connectivity index (χ2n) is 6.42. The van der Waals surface area contributed by atoms with E-state index in [2.05, 4.69) is 20.4 Å². The Morgan fingerprint density at radius 2 is 1.75 bits per heavy atom. The second kappa shape index (κ2) is 10.6. The number of methoxy groups -OCH3 is 2. The van der Waals surface area contributed by atoms with Crippen LogP contribution in [0.3, 0.4) is 0 Å². The summed E-state index contributed by atoms with van der Waals surface area (Å²) in [5.74, 6) is -0.990. The quantitative estimate of drug-likeness (QED) is 0.517. The molecule has 32 heavy (non-hydrogen) atoms. The first-order valence-corrected chi connectivity index (χ1v) is 9.52. The maximum atomic E-state index is 12.6. The summed E-state index contributed by atoms with van der Waals surface area (Å²) < 4.78 is 15.1. The van der Waals surface area contributed by atoms with Crippen LogP contribution in [0.25, 0.3) is 0 Å². The number of esters is 2. The molecule has 9 nitrogen and oxygen atoms in total. The van der Waals surface area contributed by atoms with Gasteiger partial charge in [-0.3, -0.25) is 4.79 Å². The van der Waals surface area contributed by atoms with Gasteiger partial charge < -0.3 is 24.8 Å². The highest BCUT2D eigenvalue weighted by Gasteiger charge is 2.17. The molecule has 3 rings (SSSR count). The summed E-state index contributed by atoms with van der Waals surface area (Å²) in [4.78, 5) is 40.6. The third kappa shape index (κ3) is 5.60. The number of rotatable bonds is 8. The average molecular weight is 435 g/mol. The van der Waals surface area contributed by atoms with Crippen molar-refractivity contribution in [2.75, 3.05) is 31.5 Å². The Labute approximate surface area is 184 Å². The van der Waals surface area contributed by atoms with Crippen LogP contribution in [0, 0.1) is 0 Å². The number of amides is 1. The Morgan fingerprint density at radius 1 is 0.938 bits per heavy atom. The highest BCUT2D eigenvalue weighted by atomic mass is 16.5. The molecule has 164 valence electrons. The molecule has 3 aromatic rings. The van der Waals surface area contributed by atoms with E-state index in [1.165, 1.54) is 32.5 Å². The number of anilines is 3. The van der Waals surface area contributed by atoms with E-state index in [-0.39, 0.29) is 16.9 Å². The summed E-state index contributed by atoms with van der Waals surface area (Å²) in [6.45, 7) is -0.524. The average Bonchev–Trinajstić information content (AvgIpc) is 2.83. The van der Waals surface area contributed by atoms with Gasteiger partial charge in [0.2, 0.25) is 0 Å². The zero-order valence-electron chi connectivity index (χ0n) is 17.5. The number of hydrogen-bond acceptors (Lipinski definition) is 8. The van der Waals surface area contributed by atoms with Crippen LogP contribution < -0.4 is 15.4 Å². The molecular weight excluding hydrogens is 414 g/mol. The smallest absolute Gasteiger partial charge is 0.342 e. The van der Waals surface area contributed by atoms with Gasteiger partial charge >= 0.3 is 11.9 Å². The second-order valence-corrected chi connectivity index (χ2v) is 6.42. The fourth-order valence-electron chi connectivity index (χ4n) is 2.79. The SMILES string of the molecule is COC(=O)c1cccc(NC(=O)COC(=O)c2cccnc2Nc2ccccc2OC)c1. The van der Waals surface area contributed by atoms with Gasteiger partial charge in [-0.05, 0) is 42.5 Å². The van der Waals surface area contributed by atoms with Crippen molar-refractivity contribution in [1.29, 1.82) is 0 Å². The van der Waals surface area contributed by atoms with Crippen LogP contribution in [-0.2, 0) is 14.3 Å². The van der Waals surface area contributed by atoms with Crippen LogP contribution >= 0.6 is 0 Å². The van der Waals surface area contributed by atoms with E-state index in [0.717, 1.165) is 0 Å². The van der Waals surface area contributed by atoms with Crippen LogP contribution in [0.2, 0.25) is 0 Å². The number of carbonyl (C=O) groups excluding carboxylic acids is 3. The number of nitrogens with one attached hydrogen (secondary N) is 2. The van der Waals surface area contributed by atoms with Gasteiger partial charge in [0.1, 0.15) is 17.1 Å². The zero-order chi connectivity index (χ0) is 22.9. The summed E-state index contributed by atoms with van der Waals surface area (Å²) in [5, 5.41) is 5.61. The van der Waals surface area contributed by atoms with Crippen molar-refractivity contribution in [2.45, 2.75) is 0 Å². The first kappa shape index (κ1) is 22.3. The molecule has 2 aromatic carbocycles. The fourth-order valence-corrected chi connectivity index (χ4v) is 2.79. The number of pyridine rings is 1. The Bertz CT molecular complexity index is 1130. The number of ether oxygens (including phenoxy) is 3. The molecular formula is C23H21N3O6. The number of carbonyl (C=O) groups is 3. The molecule has 0 bridgehead atoms. The van der Waals surface area contributed by atoms with E-state index in [9.17, 15) is 14.4 Å². The van der Waals surface area contributed by atoms with E-state index in [1.807, 2.05) is 12.1 Å². The molecule has 2 N–H and O–H groups in total. The lowest BCUT2D eigenvalue weighted by molar-refractivity contribution is -0.119. The number of nitrogens with zero attached hydrogens (tertiary/aromatic N) is 1. The number of para-hydroxylation sites is 2. The molecule has 9 heteroatoms. The van der Waals surface area contributed by atoms with Crippen LogP contribution in [0.15, 0.2) is 66.9 Å². The van der Waals surface area contributed by atoms with Gasteiger partial charge in [0.05, 0.1) is 25.5 Å². The molecule has 0 saturated heterocycles. The molecule has 1 aromatic heterocycles. The van der Waals surface area contributed by atoms with Crippen molar-refractivity contribution in [1.82, 2.24) is 4.98 Å². The highest BCUT2D eigenvalue weighted by Crippen LogP contribution is 2.27. The molecule has 0 unspecified atom stereocenters. The van der Waals surface area contributed by atoms with Gasteiger partial charge in [0.15, 0.2) is 6.61 Å². The van der Waals surface area contributed by atoms with Gasteiger partial charge in [-0.25, -0.2) is 14.6 Å². The summed E-state index contributed by atoms with van der Waals surface area (Å²) >= 11 is 0. The van der Waals surface area contributed by atoms with Crippen LogP contribution in [0.1, 0.15) is 20.7 Å². The Hall–Kier alpha value is -4.40. The summed E-state index contributed by atoms with van der Waals surface area (Å²) in [6.07, 6.45) is 1.52. The maximum absolute atomic E-state index is 12.6. The van der Waals surface area contributed by atoms with Gasteiger partial charge in [-0.2, -0.15) is 0 Å². The zero-order valence-corrected chi connectivity index (χ0v) is 17.5. The summed E-state index contributed by atoms with van der Waals surface area (Å²) in [6, 6.07) is 16.5. The number of benzene rings is 2. The van der Waals surface area contributed by atoms with Gasteiger partial charge in [0, 0.05) is 11.9 Å². The van der Waals surface area contributed by atoms with Crippen LogP contribution in [-0.4, -0.2) is 43.7 Å². The van der Waals surface area contributed by atoms with E-state index in [4.69, 9.17) is 9.47 Å². The van der Waals surface area contributed by atoms with Crippen molar-refractivity contribution in [3.63, 3.8) is 0 Å². The van der Waals surface area contributed by atoms with Crippen molar-refractivity contribution in [2.24, 2.45) is 0 Å². The molecule has 0 atom stereocenters. The third-order valence-corrected chi connectivity index (χ3v) is 4.29. The van der Waals surface area contributed by atoms with Crippen LogP contribution in [0.5, 0.6) is 5.75 Å². The molecule has 1 amide bonds. The topological polar surface area (TPSA) is 116 Å². The van der Waals surface area contributed by atoms with Crippen molar-refractivity contribution in [3.8, 4) is 5.75 Å². The maximum Gasteiger partial charge on any atom is 0.342 e. The minimum Gasteiger partial charge on any atom is -0.495 e. The predicted octanol–water partition coefficient (Wildman–Crippen LogP) is 3.42. The number of aromatic nitrogens is 1. The highest BCUT2D eigenvalue weighted by molar-refractivity contribution is 5.99. The summed E-state index contributed by atoms with van der Waals surface area (Å²) in [7, 11) is 2.80. The lowest BCUT2D eigenvalue weighted by atomic mass is 10.2. The van der Waals surface area contributed by atoms with Gasteiger partial charge in [-0.15, -0.1) is 0 Å². The minimum absolute atomic E-state index is 0.152. The first-order chi connectivity index (χ1) is 15.5.